The van der Waals surface area contributed by atoms with Crippen molar-refractivity contribution >= 4 is 17.6 Å². The second-order valence-electron chi connectivity index (χ2n) is 5.62. The van der Waals surface area contributed by atoms with Crippen LogP contribution in [0.5, 0.6) is 0 Å². The summed E-state index contributed by atoms with van der Waals surface area (Å²) in [7, 11) is 0. The Morgan fingerprint density at radius 2 is 2.08 bits per heavy atom. The summed E-state index contributed by atoms with van der Waals surface area (Å²) in [5, 5.41) is 26.6. The number of amides is 1. The number of hydrogen-bond acceptors (Lipinski definition) is 5. The summed E-state index contributed by atoms with van der Waals surface area (Å²) in [6.07, 6.45) is 3.01. The number of carboxylic acids is 1. The van der Waals surface area contributed by atoms with Gasteiger partial charge in [-0.1, -0.05) is 6.07 Å². The molecule has 1 heterocycles. The number of nitro benzene ring substituents is 1. The van der Waals surface area contributed by atoms with Crippen LogP contribution in [0.4, 0.5) is 5.69 Å². The molecule has 0 aliphatic heterocycles. The van der Waals surface area contributed by atoms with Crippen LogP contribution in [0.25, 0.3) is 5.69 Å². The Balaban J connectivity index is 1.80. The standard InChI is InChI=1S/C15H14N4O5/c20-13(16-15(14(21)22)6-2-7-15)12-5-8-18(17-12)10-3-1-4-11(9-10)19(23)24/h1,3-5,8-9H,2,6-7H2,(H,16,20)(H,21,22). The van der Waals surface area contributed by atoms with Gasteiger partial charge in [0.1, 0.15) is 5.54 Å². The molecule has 0 radical (unpaired) electrons. The van der Waals surface area contributed by atoms with Crippen molar-refractivity contribution in [2.75, 3.05) is 0 Å². The number of rotatable bonds is 5. The maximum absolute atomic E-state index is 12.2. The van der Waals surface area contributed by atoms with E-state index in [2.05, 4.69) is 10.4 Å². The van der Waals surface area contributed by atoms with Crippen LogP contribution in [0.2, 0.25) is 0 Å². The Labute approximate surface area is 136 Å². The predicted octanol–water partition coefficient (Wildman–Crippen LogP) is 1.52. The normalized spacial score (nSPS) is 15.3. The first-order chi connectivity index (χ1) is 11.4. The molecular weight excluding hydrogens is 316 g/mol. The summed E-state index contributed by atoms with van der Waals surface area (Å²) < 4.78 is 1.33. The van der Waals surface area contributed by atoms with Crippen LogP contribution in [0, 0.1) is 10.1 Å². The second kappa shape index (κ2) is 5.76. The molecule has 124 valence electrons. The molecule has 1 aromatic heterocycles. The van der Waals surface area contributed by atoms with E-state index in [4.69, 9.17) is 0 Å². The maximum atomic E-state index is 12.2. The van der Waals surface area contributed by atoms with Gasteiger partial charge in [0.15, 0.2) is 5.69 Å². The van der Waals surface area contributed by atoms with Gasteiger partial charge in [-0.15, -0.1) is 0 Å². The van der Waals surface area contributed by atoms with E-state index in [1.807, 2.05) is 0 Å². The Hall–Kier alpha value is -3.23. The lowest BCUT2D eigenvalue weighted by molar-refractivity contribution is -0.384. The van der Waals surface area contributed by atoms with Crippen molar-refractivity contribution in [1.82, 2.24) is 15.1 Å². The van der Waals surface area contributed by atoms with Crippen molar-refractivity contribution < 1.29 is 19.6 Å². The molecule has 0 bridgehead atoms. The molecule has 0 spiro atoms. The van der Waals surface area contributed by atoms with Crippen LogP contribution in [0.3, 0.4) is 0 Å². The number of nitro groups is 1. The molecular formula is C15H14N4O5. The number of carbonyl (C=O) groups excluding carboxylic acids is 1. The molecule has 2 N–H and O–H groups in total. The van der Waals surface area contributed by atoms with Crippen LogP contribution in [-0.4, -0.2) is 37.2 Å². The number of non-ortho nitro benzene ring substituents is 1. The van der Waals surface area contributed by atoms with Crippen molar-refractivity contribution in [3.63, 3.8) is 0 Å². The summed E-state index contributed by atoms with van der Waals surface area (Å²) in [6.45, 7) is 0. The van der Waals surface area contributed by atoms with Gasteiger partial charge in [-0.2, -0.15) is 5.10 Å². The molecule has 1 aromatic carbocycles. The highest BCUT2D eigenvalue weighted by Gasteiger charge is 2.46. The van der Waals surface area contributed by atoms with Gasteiger partial charge in [0.25, 0.3) is 11.6 Å². The zero-order chi connectivity index (χ0) is 17.3. The number of nitrogens with one attached hydrogen (secondary N) is 1. The summed E-state index contributed by atoms with van der Waals surface area (Å²) in [6, 6.07) is 7.25. The molecule has 2 aromatic rings. The third kappa shape index (κ3) is 2.71. The minimum absolute atomic E-state index is 0.0500. The van der Waals surface area contributed by atoms with Crippen LogP contribution in [-0.2, 0) is 4.79 Å². The van der Waals surface area contributed by atoms with Crippen LogP contribution in [0.15, 0.2) is 36.5 Å². The Kier molecular flexibility index (Phi) is 3.76. The van der Waals surface area contributed by atoms with Crippen molar-refractivity contribution in [1.29, 1.82) is 0 Å². The van der Waals surface area contributed by atoms with E-state index in [0.717, 1.165) is 6.42 Å². The van der Waals surface area contributed by atoms with E-state index in [0.29, 0.717) is 18.5 Å². The van der Waals surface area contributed by atoms with E-state index >= 15 is 0 Å². The molecule has 1 aliphatic rings. The molecule has 0 unspecified atom stereocenters. The van der Waals surface area contributed by atoms with Gasteiger partial charge >= 0.3 is 5.97 Å². The lowest BCUT2D eigenvalue weighted by Crippen LogP contribution is -2.59. The van der Waals surface area contributed by atoms with E-state index in [1.165, 1.54) is 35.1 Å². The monoisotopic (exact) mass is 330 g/mol. The van der Waals surface area contributed by atoms with Gasteiger partial charge in [-0.3, -0.25) is 14.9 Å². The smallest absolute Gasteiger partial charge is 0.329 e. The van der Waals surface area contributed by atoms with Crippen molar-refractivity contribution in [2.45, 2.75) is 24.8 Å². The molecule has 9 nitrogen and oxygen atoms in total. The first-order valence-corrected chi connectivity index (χ1v) is 7.28. The van der Waals surface area contributed by atoms with E-state index in [-0.39, 0.29) is 11.4 Å². The molecule has 1 saturated carbocycles. The average Bonchev–Trinajstić information content (AvgIpc) is 3.00. The molecule has 9 heteroatoms. The largest absolute Gasteiger partial charge is 0.480 e. The Morgan fingerprint density at radius 1 is 1.33 bits per heavy atom. The minimum atomic E-state index is -1.22. The van der Waals surface area contributed by atoms with Gasteiger partial charge in [0.2, 0.25) is 0 Å². The lowest BCUT2D eigenvalue weighted by Gasteiger charge is -2.37. The number of aliphatic carboxylic acids is 1. The minimum Gasteiger partial charge on any atom is -0.480 e. The topological polar surface area (TPSA) is 127 Å². The summed E-state index contributed by atoms with van der Waals surface area (Å²) in [4.78, 5) is 33.8. The summed E-state index contributed by atoms with van der Waals surface area (Å²) in [5.41, 5.74) is -0.825. The molecule has 1 amide bonds. The predicted molar refractivity (Wildman–Crippen MR) is 81.9 cm³/mol. The molecule has 1 aliphatic carbocycles. The molecule has 0 saturated heterocycles. The SMILES string of the molecule is O=C(NC1(C(=O)O)CCC1)c1ccn(-c2cccc([N+](=O)[O-])c2)n1. The van der Waals surface area contributed by atoms with Crippen molar-refractivity contribution in [3.05, 3.63) is 52.3 Å². The maximum Gasteiger partial charge on any atom is 0.329 e. The fraction of sp³-hybridized carbons (Fsp3) is 0.267. The zero-order valence-corrected chi connectivity index (χ0v) is 12.5. The molecule has 24 heavy (non-hydrogen) atoms. The number of hydrogen-bond donors (Lipinski definition) is 2. The van der Waals surface area contributed by atoms with Crippen LogP contribution in [0.1, 0.15) is 29.8 Å². The fourth-order valence-electron chi connectivity index (χ4n) is 2.54. The van der Waals surface area contributed by atoms with Crippen LogP contribution >= 0.6 is 0 Å². The zero-order valence-electron chi connectivity index (χ0n) is 12.5. The number of carbonyl (C=O) groups is 2. The summed E-state index contributed by atoms with van der Waals surface area (Å²) in [5.74, 6) is -1.64. The van der Waals surface area contributed by atoms with Gasteiger partial charge in [-0.05, 0) is 31.4 Å². The van der Waals surface area contributed by atoms with Gasteiger partial charge in [0.05, 0.1) is 10.6 Å². The Morgan fingerprint density at radius 3 is 2.67 bits per heavy atom. The number of nitrogens with zero attached hydrogens (tertiary/aromatic N) is 3. The van der Waals surface area contributed by atoms with E-state index in [1.54, 1.807) is 6.07 Å². The second-order valence-corrected chi connectivity index (χ2v) is 5.62. The van der Waals surface area contributed by atoms with E-state index < -0.39 is 22.3 Å². The van der Waals surface area contributed by atoms with Crippen molar-refractivity contribution in [2.24, 2.45) is 0 Å². The first kappa shape index (κ1) is 15.7. The first-order valence-electron chi connectivity index (χ1n) is 7.28. The van der Waals surface area contributed by atoms with Gasteiger partial charge in [-0.25, -0.2) is 9.48 Å². The highest BCUT2D eigenvalue weighted by Crippen LogP contribution is 2.32. The highest BCUT2D eigenvalue weighted by atomic mass is 16.6. The van der Waals surface area contributed by atoms with Crippen molar-refractivity contribution in [3.8, 4) is 5.69 Å². The third-order valence-electron chi connectivity index (χ3n) is 4.10. The molecule has 3 rings (SSSR count). The Bertz CT molecular complexity index is 825. The number of benzene rings is 1. The number of carboxylic acid groups (broad SMARTS) is 1. The van der Waals surface area contributed by atoms with Gasteiger partial charge in [0, 0.05) is 18.3 Å². The van der Waals surface area contributed by atoms with Crippen LogP contribution < -0.4 is 5.32 Å². The number of aromatic nitrogens is 2. The lowest BCUT2D eigenvalue weighted by atomic mass is 9.76. The molecule has 1 fully saturated rings. The van der Waals surface area contributed by atoms with E-state index in [9.17, 15) is 24.8 Å². The summed E-state index contributed by atoms with van der Waals surface area (Å²) >= 11 is 0. The highest BCUT2D eigenvalue weighted by molar-refractivity contribution is 5.96. The average molecular weight is 330 g/mol. The molecule has 0 atom stereocenters. The third-order valence-corrected chi connectivity index (χ3v) is 4.10. The fourth-order valence-corrected chi connectivity index (χ4v) is 2.54. The van der Waals surface area contributed by atoms with Gasteiger partial charge < -0.3 is 10.4 Å². The quantitative estimate of drug-likeness (QED) is 0.632.